The summed E-state index contributed by atoms with van der Waals surface area (Å²) < 4.78 is 5.90. The maximum absolute atomic E-state index is 9.75. The monoisotopic (exact) mass is 428 g/mol. The summed E-state index contributed by atoms with van der Waals surface area (Å²) in [5, 5.41) is 21.5. The molecule has 2 saturated heterocycles. The normalized spacial score (nSPS) is 23.2. The summed E-state index contributed by atoms with van der Waals surface area (Å²) in [5.41, 5.74) is 1.81. The van der Waals surface area contributed by atoms with E-state index in [0.29, 0.717) is 18.4 Å². The van der Waals surface area contributed by atoms with Gasteiger partial charge >= 0.3 is 51.4 Å². The van der Waals surface area contributed by atoms with Gasteiger partial charge in [-0.2, -0.15) is 5.26 Å². The molecule has 0 spiro atoms. The van der Waals surface area contributed by atoms with Crippen molar-refractivity contribution in [3.63, 3.8) is 0 Å². The number of rotatable bonds is 5. The summed E-state index contributed by atoms with van der Waals surface area (Å²) in [6.07, 6.45) is 12.4. The molecule has 1 aliphatic carbocycles. The number of nitrogens with one attached hydrogen (secondary N) is 2. The summed E-state index contributed by atoms with van der Waals surface area (Å²) in [7, 11) is 0. The van der Waals surface area contributed by atoms with Gasteiger partial charge in [0.15, 0.2) is 0 Å². The van der Waals surface area contributed by atoms with Crippen molar-refractivity contribution in [2.45, 2.75) is 44.6 Å². The van der Waals surface area contributed by atoms with Crippen LogP contribution in [0.1, 0.15) is 37.7 Å². The summed E-state index contributed by atoms with van der Waals surface area (Å²) >= 11 is 0. The Morgan fingerprint density at radius 2 is 1.90 bits per heavy atom. The zero-order chi connectivity index (χ0) is 19.9. The number of allylic oxidation sites excluding steroid dienone is 4. The molecule has 2 heterocycles. The average molecular weight is 429 g/mol. The van der Waals surface area contributed by atoms with Crippen LogP contribution in [-0.4, -0.2) is 25.7 Å². The van der Waals surface area contributed by atoms with Crippen molar-refractivity contribution < 1.29 is 56.1 Å². The molecule has 4 rings (SSSR count). The third-order valence-electron chi connectivity index (χ3n) is 5.88. The second kappa shape index (κ2) is 12.1. The first-order valence-corrected chi connectivity index (χ1v) is 10.7. The summed E-state index contributed by atoms with van der Waals surface area (Å²) in [6.45, 7) is 3.05. The van der Waals surface area contributed by atoms with Crippen LogP contribution < -0.4 is 66.8 Å². The summed E-state index contributed by atoms with van der Waals surface area (Å²) in [6, 6.07) is 10.7. The number of piperidine rings is 1. The molecular weight excluding hydrogens is 399 g/mol. The molecular formula is C24H29KN4O. The molecule has 0 saturated carbocycles. The van der Waals surface area contributed by atoms with E-state index >= 15 is 0 Å². The fourth-order valence-corrected chi connectivity index (χ4v) is 4.23. The van der Waals surface area contributed by atoms with Gasteiger partial charge in [0.2, 0.25) is 0 Å². The first kappa shape index (κ1) is 23.6. The largest absolute Gasteiger partial charge is 1.00 e. The van der Waals surface area contributed by atoms with E-state index in [1.54, 1.807) is 0 Å². The van der Waals surface area contributed by atoms with Gasteiger partial charge in [-0.25, -0.2) is 0 Å². The predicted octanol–water partition coefficient (Wildman–Crippen LogP) is 1.32. The first-order chi connectivity index (χ1) is 14.3. The van der Waals surface area contributed by atoms with E-state index in [9.17, 15) is 5.26 Å². The van der Waals surface area contributed by atoms with Gasteiger partial charge in [0, 0.05) is 12.0 Å². The van der Waals surface area contributed by atoms with Gasteiger partial charge in [-0.05, 0) is 80.6 Å². The fourth-order valence-electron chi connectivity index (χ4n) is 4.23. The Morgan fingerprint density at radius 1 is 1.10 bits per heavy atom. The van der Waals surface area contributed by atoms with E-state index in [-0.39, 0.29) is 51.4 Å². The second-order valence-electron chi connectivity index (χ2n) is 7.95. The molecule has 0 bridgehead atoms. The molecule has 5 nitrogen and oxygen atoms in total. The standard InChI is InChI=1S/C24H29N4O.K/c25-17-20(24-27-15-12-23(28-24)19-10-13-26-14-11-19)16-18-6-8-22(9-7-18)29-21-4-2-1-3-5-21;/h2,4-9,19,23,26-27H,1,3,10-16H2;/q-1;+1/b24-20+;. The van der Waals surface area contributed by atoms with Crippen LogP contribution in [0.4, 0.5) is 0 Å². The Balaban J connectivity index is 0.00000256. The van der Waals surface area contributed by atoms with Gasteiger partial charge < -0.3 is 20.7 Å². The second-order valence-corrected chi connectivity index (χ2v) is 7.95. The fraction of sp³-hybridized carbons (Fsp3) is 0.458. The van der Waals surface area contributed by atoms with Crippen LogP contribution in [0.15, 0.2) is 59.6 Å². The van der Waals surface area contributed by atoms with Gasteiger partial charge in [-0.1, -0.05) is 37.0 Å². The molecule has 3 aliphatic rings. The number of hydrogen-bond acceptors (Lipinski definition) is 4. The minimum absolute atomic E-state index is 0. The molecule has 1 unspecified atom stereocenters. The van der Waals surface area contributed by atoms with E-state index in [1.807, 2.05) is 30.3 Å². The van der Waals surface area contributed by atoms with Crippen LogP contribution in [0.5, 0.6) is 5.75 Å². The smallest absolute Gasteiger partial charge is 0.481 e. The van der Waals surface area contributed by atoms with Crippen molar-refractivity contribution in [3.8, 4) is 11.8 Å². The number of nitrogens with zero attached hydrogens (tertiary/aromatic N) is 2. The van der Waals surface area contributed by atoms with Gasteiger partial charge in [-0.3, -0.25) is 0 Å². The number of hydrogen-bond donors (Lipinski definition) is 2. The topological polar surface area (TPSA) is 71.2 Å². The van der Waals surface area contributed by atoms with Crippen LogP contribution in [0.2, 0.25) is 0 Å². The average Bonchev–Trinajstić information content (AvgIpc) is 2.80. The molecule has 1 atom stereocenters. The number of nitriles is 1. The van der Waals surface area contributed by atoms with Gasteiger partial charge in [0.25, 0.3) is 0 Å². The Labute approximate surface area is 222 Å². The zero-order valence-corrected chi connectivity index (χ0v) is 21.0. The zero-order valence-electron chi connectivity index (χ0n) is 17.9. The number of benzene rings is 1. The van der Waals surface area contributed by atoms with Gasteiger partial charge in [0.05, 0.1) is 6.07 Å². The van der Waals surface area contributed by atoms with Crippen molar-refractivity contribution >= 4 is 0 Å². The van der Waals surface area contributed by atoms with Crippen LogP contribution in [0.3, 0.4) is 0 Å². The van der Waals surface area contributed by atoms with E-state index in [0.717, 1.165) is 67.4 Å². The van der Waals surface area contributed by atoms with Crippen molar-refractivity contribution in [2.24, 2.45) is 5.92 Å². The quantitative estimate of drug-likeness (QED) is 0.548. The number of ether oxygens (including phenoxy) is 1. The molecule has 6 heteroatoms. The molecule has 1 aromatic rings. The third-order valence-corrected chi connectivity index (χ3v) is 5.88. The van der Waals surface area contributed by atoms with E-state index < -0.39 is 0 Å². The van der Waals surface area contributed by atoms with Gasteiger partial charge in [-0.15, -0.1) is 0 Å². The first-order valence-electron chi connectivity index (χ1n) is 10.7. The maximum atomic E-state index is 9.75. The Morgan fingerprint density at radius 3 is 2.60 bits per heavy atom. The van der Waals surface area contributed by atoms with Crippen molar-refractivity contribution in [2.75, 3.05) is 19.6 Å². The Bertz CT molecular complexity index is 832. The Hall–Kier alpha value is -1.07. The molecule has 1 aromatic carbocycles. The van der Waals surface area contributed by atoms with Crippen LogP contribution in [0.25, 0.3) is 5.32 Å². The Kier molecular flexibility index (Phi) is 9.50. The minimum Gasteiger partial charge on any atom is -0.481 e. The van der Waals surface area contributed by atoms with Crippen LogP contribution in [0, 0.1) is 17.2 Å². The van der Waals surface area contributed by atoms with Crippen LogP contribution >= 0.6 is 0 Å². The molecule has 152 valence electrons. The molecule has 2 fully saturated rings. The summed E-state index contributed by atoms with van der Waals surface area (Å²) in [5.74, 6) is 3.15. The molecule has 2 N–H and O–H groups in total. The summed E-state index contributed by atoms with van der Waals surface area (Å²) in [4.78, 5) is 0. The van der Waals surface area contributed by atoms with Crippen molar-refractivity contribution in [1.82, 2.24) is 10.6 Å². The molecule has 0 aromatic heterocycles. The minimum atomic E-state index is 0. The van der Waals surface area contributed by atoms with E-state index in [4.69, 9.17) is 10.1 Å². The third kappa shape index (κ3) is 6.46. The van der Waals surface area contributed by atoms with E-state index in [1.165, 1.54) is 12.8 Å². The van der Waals surface area contributed by atoms with Crippen molar-refractivity contribution in [1.29, 1.82) is 5.26 Å². The van der Waals surface area contributed by atoms with Crippen molar-refractivity contribution in [3.05, 3.63) is 70.5 Å². The predicted molar refractivity (Wildman–Crippen MR) is 115 cm³/mol. The van der Waals surface area contributed by atoms with Gasteiger partial charge in [0.1, 0.15) is 11.5 Å². The van der Waals surface area contributed by atoms with E-state index in [2.05, 4.69) is 28.9 Å². The molecule has 30 heavy (non-hydrogen) atoms. The van der Waals surface area contributed by atoms with Crippen LogP contribution in [-0.2, 0) is 6.42 Å². The SMILES string of the molecule is N#C/C(Cc1ccc(OC2=CCCC=C2)cc1)=C1/[N-]C(C2CCNCC2)CCN1.[K+]. The molecule has 0 radical (unpaired) electrons. The molecule has 0 amide bonds. The maximum Gasteiger partial charge on any atom is 1.00 e. The molecule has 2 aliphatic heterocycles.